The first kappa shape index (κ1) is 11.7. The summed E-state index contributed by atoms with van der Waals surface area (Å²) >= 11 is 0. The molecule has 0 aliphatic heterocycles. The molecule has 0 aliphatic carbocycles. The van der Waals surface area contributed by atoms with E-state index in [1.54, 1.807) is 31.4 Å². The van der Waals surface area contributed by atoms with Gasteiger partial charge in [0.1, 0.15) is 11.8 Å². The fourth-order valence-corrected chi connectivity index (χ4v) is 1.10. The van der Waals surface area contributed by atoms with E-state index in [1.807, 2.05) is 0 Å². The second kappa shape index (κ2) is 4.89. The van der Waals surface area contributed by atoms with Crippen molar-refractivity contribution >= 4 is 11.8 Å². The molecule has 0 bridgehead atoms. The van der Waals surface area contributed by atoms with Crippen LogP contribution >= 0.6 is 0 Å². The van der Waals surface area contributed by atoms with Gasteiger partial charge >= 0.3 is 0 Å². The second-order valence-corrected chi connectivity index (χ2v) is 3.18. The quantitative estimate of drug-likeness (QED) is 0.564. The van der Waals surface area contributed by atoms with Crippen LogP contribution in [0.5, 0.6) is 0 Å². The highest BCUT2D eigenvalue weighted by atomic mass is 16.1. The minimum atomic E-state index is -0.151. The van der Waals surface area contributed by atoms with Gasteiger partial charge in [0.15, 0.2) is 0 Å². The van der Waals surface area contributed by atoms with Gasteiger partial charge in [-0.05, 0) is 17.7 Å². The second-order valence-electron chi connectivity index (χ2n) is 3.18. The zero-order chi connectivity index (χ0) is 12.1. The monoisotopic (exact) mass is 213 g/mol. The summed E-state index contributed by atoms with van der Waals surface area (Å²) in [7, 11) is 1.66. The van der Waals surface area contributed by atoms with E-state index in [1.165, 1.54) is 10.8 Å². The molecule has 0 saturated heterocycles. The molecule has 0 unspecified atom stereocenters. The largest absolute Gasteiger partial charge is 0.318 e. The molecule has 0 atom stereocenters. The van der Waals surface area contributed by atoms with Gasteiger partial charge in [-0.3, -0.25) is 4.79 Å². The summed E-state index contributed by atoms with van der Waals surface area (Å²) in [6.07, 6.45) is 3.02. The van der Waals surface area contributed by atoms with Gasteiger partial charge in [-0.25, -0.2) is 4.99 Å². The fourth-order valence-electron chi connectivity index (χ4n) is 1.10. The zero-order valence-corrected chi connectivity index (χ0v) is 8.97. The molecule has 1 heterocycles. The number of aliphatic imine (C=N–C) groups is 1. The Morgan fingerprint density at radius 1 is 1.62 bits per heavy atom. The predicted molar refractivity (Wildman–Crippen MR) is 64.0 cm³/mol. The Bertz CT molecular complexity index is 558. The molecule has 80 valence electrons. The van der Waals surface area contributed by atoms with E-state index in [-0.39, 0.29) is 11.3 Å². The third-order valence-electron chi connectivity index (χ3n) is 1.97. The number of hydrogen-bond donors (Lipinski definition) is 0. The summed E-state index contributed by atoms with van der Waals surface area (Å²) in [5, 5.41) is 8.46. The van der Waals surface area contributed by atoms with Crippen molar-refractivity contribution in [1.82, 2.24) is 4.57 Å². The van der Waals surface area contributed by atoms with Gasteiger partial charge in [0.05, 0.1) is 0 Å². The van der Waals surface area contributed by atoms with Crippen LogP contribution in [0.3, 0.4) is 0 Å². The van der Waals surface area contributed by atoms with Crippen molar-refractivity contribution in [3.05, 3.63) is 53.1 Å². The van der Waals surface area contributed by atoms with E-state index in [2.05, 4.69) is 18.2 Å². The van der Waals surface area contributed by atoms with Crippen LogP contribution in [0.25, 0.3) is 5.57 Å². The molecular weight excluding hydrogens is 202 g/mol. The van der Waals surface area contributed by atoms with Crippen molar-refractivity contribution in [2.75, 3.05) is 0 Å². The van der Waals surface area contributed by atoms with Gasteiger partial charge in [0, 0.05) is 25.0 Å². The molecular formula is C12H11N3O. The smallest absolute Gasteiger partial charge is 0.258 e. The van der Waals surface area contributed by atoms with E-state index in [4.69, 9.17) is 5.26 Å². The van der Waals surface area contributed by atoms with Crippen molar-refractivity contribution in [2.24, 2.45) is 12.0 Å². The normalized spacial score (nSPS) is 10.0. The Morgan fingerprint density at radius 2 is 2.31 bits per heavy atom. The van der Waals surface area contributed by atoms with Crippen LogP contribution in [-0.4, -0.2) is 10.8 Å². The first-order chi connectivity index (χ1) is 7.56. The number of nitrogens with zero attached hydrogens (tertiary/aromatic N) is 3. The third-order valence-corrected chi connectivity index (χ3v) is 1.97. The topological polar surface area (TPSA) is 58.1 Å². The van der Waals surface area contributed by atoms with Crippen LogP contribution in [0, 0.1) is 11.3 Å². The van der Waals surface area contributed by atoms with E-state index >= 15 is 0 Å². The van der Waals surface area contributed by atoms with E-state index in [9.17, 15) is 4.79 Å². The molecule has 1 aromatic rings. The van der Waals surface area contributed by atoms with E-state index in [0.29, 0.717) is 11.1 Å². The Balaban J connectivity index is 3.04. The van der Waals surface area contributed by atoms with Gasteiger partial charge in [0.2, 0.25) is 0 Å². The highest BCUT2D eigenvalue weighted by Crippen LogP contribution is 2.04. The first-order valence-corrected chi connectivity index (χ1v) is 4.54. The number of pyridine rings is 1. The molecule has 0 spiro atoms. The summed E-state index contributed by atoms with van der Waals surface area (Å²) in [5.41, 5.74) is 0.840. The molecule has 0 radical (unpaired) electrons. The summed E-state index contributed by atoms with van der Waals surface area (Å²) in [6, 6.07) is 5.18. The predicted octanol–water partition coefficient (Wildman–Crippen LogP) is 1.51. The van der Waals surface area contributed by atoms with Gasteiger partial charge in [-0.15, -0.1) is 0 Å². The molecule has 4 nitrogen and oxygen atoms in total. The lowest BCUT2D eigenvalue weighted by molar-refractivity contribution is 0.856. The highest BCUT2D eigenvalue weighted by molar-refractivity contribution is 6.09. The summed E-state index contributed by atoms with van der Waals surface area (Å²) in [5.74, 6) is 0. The highest BCUT2D eigenvalue weighted by Gasteiger charge is 2.02. The third kappa shape index (κ3) is 2.55. The van der Waals surface area contributed by atoms with E-state index < -0.39 is 0 Å². The maximum Gasteiger partial charge on any atom is 0.258 e. The van der Waals surface area contributed by atoms with Crippen molar-refractivity contribution < 1.29 is 0 Å². The van der Waals surface area contributed by atoms with Gasteiger partial charge in [-0.1, -0.05) is 13.2 Å². The van der Waals surface area contributed by atoms with Crippen molar-refractivity contribution in [3.8, 4) is 6.07 Å². The number of hydrogen-bond acceptors (Lipinski definition) is 3. The van der Waals surface area contributed by atoms with Crippen molar-refractivity contribution in [3.63, 3.8) is 0 Å². The standard InChI is InChI=1S/C12H11N3O/c1-9(8-14-10(2)7-13)11-5-4-6-15(3)12(11)16/h4-6,8H,1-2H2,3H3. The lowest BCUT2D eigenvalue weighted by Gasteiger charge is -2.01. The minimum absolute atomic E-state index is 0.0777. The van der Waals surface area contributed by atoms with E-state index in [0.717, 1.165) is 0 Å². The van der Waals surface area contributed by atoms with Crippen LogP contribution in [0.15, 0.2) is 47.0 Å². The summed E-state index contributed by atoms with van der Waals surface area (Å²) in [6.45, 7) is 7.12. The van der Waals surface area contributed by atoms with Crippen LogP contribution in [-0.2, 0) is 7.05 Å². The lowest BCUT2D eigenvalue weighted by atomic mass is 10.1. The number of aryl methyl sites for hydroxylation is 1. The molecule has 0 amide bonds. The van der Waals surface area contributed by atoms with Crippen LogP contribution in [0.2, 0.25) is 0 Å². The van der Waals surface area contributed by atoms with Gasteiger partial charge in [0.25, 0.3) is 5.56 Å². The van der Waals surface area contributed by atoms with Crippen LogP contribution in [0.1, 0.15) is 5.56 Å². The Kier molecular flexibility index (Phi) is 3.57. The molecule has 0 N–H and O–H groups in total. The maximum atomic E-state index is 11.7. The number of rotatable bonds is 3. The summed E-state index contributed by atoms with van der Waals surface area (Å²) < 4.78 is 1.45. The Hall–Kier alpha value is -2.41. The number of nitriles is 1. The zero-order valence-electron chi connectivity index (χ0n) is 8.97. The Labute approximate surface area is 93.5 Å². The summed E-state index contributed by atoms with van der Waals surface area (Å²) in [4.78, 5) is 15.4. The van der Waals surface area contributed by atoms with Crippen LogP contribution in [0.4, 0.5) is 0 Å². The average molecular weight is 213 g/mol. The minimum Gasteiger partial charge on any atom is -0.318 e. The maximum absolute atomic E-state index is 11.7. The molecule has 0 aromatic carbocycles. The van der Waals surface area contributed by atoms with Crippen molar-refractivity contribution in [2.45, 2.75) is 0 Å². The molecule has 1 rings (SSSR count). The first-order valence-electron chi connectivity index (χ1n) is 4.54. The molecule has 16 heavy (non-hydrogen) atoms. The Morgan fingerprint density at radius 3 is 2.94 bits per heavy atom. The van der Waals surface area contributed by atoms with Crippen LogP contribution < -0.4 is 5.56 Å². The number of allylic oxidation sites excluding steroid dienone is 2. The van der Waals surface area contributed by atoms with Crippen molar-refractivity contribution in [1.29, 1.82) is 5.26 Å². The van der Waals surface area contributed by atoms with Gasteiger partial charge in [-0.2, -0.15) is 5.26 Å². The SMILES string of the molecule is C=C(C#N)N=CC(=C)c1cccn(C)c1=O. The average Bonchev–Trinajstić information content (AvgIpc) is 2.29. The lowest BCUT2D eigenvalue weighted by Crippen LogP contribution is -2.19. The molecule has 0 saturated carbocycles. The molecule has 0 aliphatic rings. The molecule has 1 aromatic heterocycles. The number of aromatic nitrogens is 1. The molecule has 0 fully saturated rings. The van der Waals surface area contributed by atoms with Gasteiger partial charge < -0.3 is 4.57 Å². The molecule has 4 heteroatoms. The fraction of sp³-hybridized carbons (Fsp3) is 0.0833.